The van der Waals surface area contributed by atoms with Crippen LogP contribution in [0.4, 0.5) is 0 Å². The highest BCUT2D eigenvalue weighted by molar-refractivity contribution is 14.0. The van der Waals surface area contributed by atoms with Gasteiger partial charge in [-0.2, -0.15) is 0 Å². The maximum atomic E-state index is 5.51. The van der Waals surface area contributed by atoms with E-state index in [-0.39, 0.29) is 24.0 Å². The van der Waals surface area contributed by atoms with Crippen LogP contribution in [0.25, 0.3) is 0 Å². The molecule has 1 saturated heterocycles. The summed E-state index contributed by atoms with van der Waals surface area (Å²) in [4.78, 5) is 7.09. The lowest BCUT2D eigenvalue weighted by atomic mass is 10.1. The van der Waals surface area contributed by atoms with Gasteiger partial charge in [0.15, 0.2) is 11.8 Å². The Morgan fingerprint density at radius 1 is 1.32 bits per heavy atom. The fraction of sp³-hybridized carbons (Fsp3) is 0.824. The van der Waals surface area contributed by atoms with Crippen molar-refractivity contribution in [3.63, 3.8) is 0 Å². The number of hydrogen-bond acceptors (Lipinski definition) is 4. The van der Waals surface area contributed by atoms with Crippen molar-refractivity contribution in [1.29, 1.82) is 0 Å². The molecule has 2 aliphatic rings. The van der Waals surface area contributed by atoms with Gasteiger partial charge in [-0.1, -0.05) is 12.8 Å². The van der Waals surface area contributed by atoms with E-state index in [0.29, 0.717) is 18.5 Å². The Morgan fingerprint density at radius 3 is 2.68 bits per heavy atom. The van der Waals surface area contributed by atoms with Crippen LogP contribution < -0.4 is 5.32 Å². The predicted molar refractivity (Wildman–Crippen MR) is 109 cm³/mol. The second-order valence-electron chi connectivity index (χ2n) is 7.10. The van der Waals surface area contributed by atoms with E-state index in [9.17, 15) is 0 Å². The lowest BCUT2D eigenvalue weighted by molar-refractivity contribution is 0.181. The van der Waals surface area contributed by atoms with Crippen molar-refractivity contribution >= 4 is 29.9 Å². The summed E-state index contributed by atoms with van der Waals surface area (Å²) in [6, 6.07) is 0.548. The van der Waals surface area contributed by atoms with E-state index < -0.39 is 0 Å². The first kappa shape index (κ1) is 20.4. The number of halogens is 1. The van der Waals surface area contributed by atoms with Crippen molar-refractivity contribution in [1.82, 2.24) is 25.0 Å². The molecule has 3 rings (SSSR count). The molecule has 1 saturated carbocycles. The summed E-state index contributed by atoms with van der Waals surface area (Å²) in [7, 11) is 4.12. The van der Waals surface area contributed by atoms with E-state index in [1.54, 1.807) is 0 Å². The van der Waals surface area contributed by atoms with E-state index >= 15 is 0 Å². The average Bonchev–Trinajstić information content (AvgIpc) is 3.30. The van der Waals surface area contributed by atoms with Gasteiger partial charge in [0.25, 0.3) is 0 Å². The molecule has 1 aliphatic heterocycles. The minimum absolute atomic E-state index is 0. The highest BCUT2D eigenvalue weighted by atomic mass is 127. The second kappa shape index (κ2) is 9.70. The van der Waals surface area contributed by atoms with Gasteiger partial charge in [-0.25, -0.2) is 4.99 Å². The Hall–Kier alpha value is -0.900. The van der Waals surface area contributed by atoms with E-state index in [0.717, 1.165) is 43.8 Å². The molecule has 1 aliphatic carbocycles. The lowest BCUT2D eigenvalue weighted by Gasteiger charge is -2.27. The summed E-state index contributed by atoms with van der Waals surface area (Å²) in [5, 5.41) is 12.0. The maximum absolute atomic E-state index is 5.51. The molecule has 0 aromatic carbocycles. The van der Waals surface area contributed by atoms with Crippen LogP contribution in [-0.2, 0) is 18.3 Å². The zero-order valence-electron chi connectivity index (χ0n) is 15.6. The summed E-state index contributed by atoms with van der Waals surface area (Å²) in [6.07, 6.45) is 6.25. The van der Waals surface area contributed by atoms with Crippen molar-refractivity contribution in [2.24, 2.45) is 18.0 Å². The van der Waals surface area contributed by atoms with Gasteiger partial charge in [0.2, 0.25) is 0 Å². The van der Waals surface area contributed by atoms with Gasteiger partial charge in [-0.05, 0) is 26.2 Å². The molecule has 1 atom stereocenters. The fourth-order valence-electron chi connectivity index (χ4n) is 3.46. The van der Waals surface area contributed by atoms with Crippen LogP contribution in [0.3, 0.4) is 0 Å². The number of aryl methyl sites for hydroxylation is 1. The number of guanidine groups is 1. The Kier molecular flexibility index (Phi) is 7.92. The van der Waals surface area contributed by atoms with Gasteiger partial charge in [0.1, 0.15) is 12.4 Å². The number of rotatable bonds is 5. The molecule has 25 heavy (non-hydrogen) atoms. The van der Waals surface area contributed by atoms with E-state index in [1.807, 2.05) is 18.5 Å². The van der Waals surface area contributed by atoms with Crippen LogP contribution in [0, 0.1) is 12.8 Å². The zero-order chi connectivity index (χ0) is 16.9. The number of nitrogens with one attached hydrogen (secondary N) is 1. The van der Waals surface area contributed by atoms with E-state index in [2.05, 4.69) is 27.5 Å². The summed E-state index contributed by atoms with van der Waals surface area (Å²) in [6.45, 7) is 5.25. The molecule has 0 amide bonds. The zero-order valence-corrected chi connectivity index (χ0v) is 17.9. The quantitative estimate of drug-likeness (QED) is 0.413. The fourth-order valence-corrected chi connectivity index (χ4v) is 3.46. The molecule has 142 valence electrons. The first-order chi connectivity index (χ1) is 11.6. The van der Waals surface area contributed by atoms with Gasteiger partial charge < -0.3 is 19.5 Å². The molecule has 0 spiro atoms. The number of aromatic nitrogens is 3. The van der Waals surface area contributed by atoms with Crippen LogP contribution in [0.1, 0.15) is 43.8 Å². The van der Waals surface area contributed by atoms with Crippen molar-refractivity contribution in [2.45, 2.75) is 51.6 Å². The summed E-state index contributed by atoms with van der Waals surface area (Å²) in [5.74, 6) is 3.40. The standard InChI is InChI=1S/C17H30N6O.HI/c1-13-20-21-16(23(13)3)10-18-17(19-15-6-4-5-7-15)22(2)11-14-8-9-24-12-14;/h14-15H,4-12H2,1-3H3,(H,18,19);1H. The van der Waals surface area contributed by atoms with E-state index in [4.69, 9.17) is 9.73 Å². The monoisotopic (exact) mass is 462 g/mol. The van der Waals surface area contributed by atoms with Crippen molar-refractivity contribution in [3.05, 3.63) is 11.6 Å². The normalized spacial score (nSPS) is 21.4. The molecular formula is C17H31IN6O. The van der Waals surface area contributed by atoms with Gasteiger partial charge in [-0.3, -0.25) is 0 Å². The molecule has 1 aromatic heterocycles. The molecule has 0 radical (unpaired) electrons. The molecule has 0 bridgehead atoms. The first-order valence-corrected chi connectivity index (χ1v) is 9.08. The summed E-state index contributed by atoms with van der Waals surface area (Å²) in [5.41, 5.74) is 0. The minimum Gasteiger partial charge on any atom is -0.381 e. The van der Waals surface area contributed by atoms with Crippen LogP contribution in [0.15, 0.2) is 4.99 Å². The number of nitrogens with zero attached hydrogens (tertiary/aromatic N) is 5. The molecule has 7 nitrogen and oxygen atoms in total. The van der Waals surface area contributed by atoms with Gasteiger partial charge in [0.05, 0.1) is 6.61 Å². The maximum Gasteiger partial charge on any atom is 0.194 e. The first-order valence-electron chi connectivity index (χ1n) is 9.08. The van der Waals surface area contributed by atoms with E-state index in [1.165, 1.54) is 25.7 Å². The Balaban J connectivity index is 0.00000225. The smallest absolute Gasteiger partial charge is 0.194 e. The molecular weight excluding hydrogens is 431 g/mol. The molecule has 1 N–H and O–H groups in total. The third-order valence-electron chi connectivity index (χ3n) is 5.16. The van der Waals surface area contributed by atoms with Crippen LogP contribution >= 0.6 is 24.0 Å². The Morgan fingerprint density at radius 2 is 2.08 bits per heavy atom. The van der Waals surface area contributed by atoms with Crippen LogP contribution in [0.5, 0.6) is 0 Å². The molecule has 2 fully saturated rings. The number of hydrogen-bond donors (Lipinski definition) is 1. The third kappa shape index (κ3) is 5.54. The Labute approximate surface area is 167 Å². The predicted octanol–water partition coefficient (Wildman–Crippen LogP) is 2.10. The molecule has 2 heterocycles. The summed E-state index contributed by atoms with van der Waals surface area (Å²) >= 11 is 0. The second-order valence-corrected chi connectivity index (χ2v) is 7.10. The third-order valence-corrected chi connectivity index (χ3v) is 5.16. The van der Waals surface area contributed by atoms with Crippen molar-refractivity contribution < 1.29 is 4.74 Å². The molecule has 8 heteroatoms. The minimum atomic E-state index is 0. The molecule has 1 aromatic rings. The highest BCUT2D eigenvalue weighted by Gasteiger charge is 2.22. The van der Waals surface area contributed by atoms with Crippen LogP contribution in [0.2, 0.25) is 0 Å². The topological polar surface area (TPSA) is 67.6 Å². The number of ether oxygens (including phenoxy) is 1. The van der Waals surface area contributed by atoms with Gasteiger partial charge >= 0.3 is 0 Å². The average molecular weight is 462 g/mol. The van der Waals surface area contributed by atoms with Crippen molar-refractivity contribution in [2.75, 3.05) is 26.8 Å². The van der Waals surface area contributed by atoms with Gasteiger partial charge in [0, 0.05) is 39.2 Å². The van der Waals surface area contributed by atoms with Crippen LogP contribution in [-0.4, -0.2) is 58.5 Å². The Bertz CT molecular complexity index is 563. The number of aliphatic imine (C=N–C) groups is 1. The molecule has 1 unspecified atom stereocenters. The SMILES string of the molecule is Cc1nnc(CN=C(NC2CCCC2)N(C)CC2CCOC2)n1C.I. The van der Waals surface area contributed by atoms with Crippen molar-refractivity contribution in [3.8, 4) is 0 Å². The lowest BCUT2D eigenvalue weighted by Crippen LogP contribution is -2.45. The highest BCUT2D eigenvalue weighted by Crippen LogP contribution is 2.19. The van der Waals surface area contributed by atoms with Gasteiger partial charge in [-0.15, -0.1) is 34.2 Å². The summed E-state index contributed by atoms with van der Waals surface area (Å²) < 4.78 is 7.51. The largest absolute Gasteiger partial charge is 0.381 e.